The summed E-state index contributed by atoms with van der Waals surface area (Å²) in [7, 11) is 1.65. The van der Waals surface area contributed by atoms with Crippen LogP contribution in [0.4, 0.5) is 0 Å². The first-order valence-electron chi connectivity index (χ1n) is 10.3. The molecule has 5 heteroatoms. The summed E-state index contributed by atoms with van der Waals surface area (Å²) < 4.78 is 11.5. The van der Waals surface area contributed by atoms with E-state index < -0.39 is 0 Å². The second-order valence-corrected chi connectivity index (χ2v) is 8.98. The number of methoxy groups -OCH3 is 1. The quantitative estimate of drug-likeness (QED) is 0.391. The molecule has 0 amide bonds. The molecule has 2 heterocycles. The highest BCUT2D eigenvalue weighted by Crippen LogP contribution is 2.47. The summed E-state index contributed by atoms with van der Waals surface area (Å²) in [6.45, 7) is 0. The normalized spacial score (nSPS) is 19.1. The summed E-state index contributed by atoms with van der Waals surface area (Å²) in [6.07, 6.45) is 1.08. The third-order valence-corrected chi connectivity index (χ3v) is 7.14. The minimum atomic E-state index is 0.260. The van der Waals surface area contributed by atoms with Crippen LogP contribution in [0.3, 0.4) is 0 Å². The van der Waals surface area contributed by atoms with Gasteiger partial charge in [-0.15, -0.1) is 0 Å². The minimum absolute atomic E-state index is 0.260. The highest BCUT2D eigenvalue weighted by Gasteiger charge is 2.38. The van der Waals surface area contributed by atoms with Crippen LogP contribution in [0.5, 0.6) is 17.4 Å². The van der Waals surface area contributed by atoms with Crippen molar-refractivity contribution >= 4 is 27.7 Å². The number of para-hydroxylation sites is 1. The fourth-order valence-electron chi connectivity index (χ4n) is 4.38. The molecule has 2 aliphatic rings. The molecule has 0 fully saturated rings. The van der Waals surface area contributed by atoms with Gasteiger partial charge >= 0.3 is 0 Å². The van der Waals surface area contributed by atoms with Gasteiger partial charge in [0.1, 0.15) is 17.0 Å². The zero-order chi connectivity index (χ0) is 20.8. The molecule has 4 nitrogen and oxygen atoms in total. The maximum atomic E-state index is 6.11. The predicted octanol–water partition coefficient (Wildman–Crippen LogP) is 6.20. The van der Waals surface area contributed by atoms with Crippen LogP contribution >= 0.6 is 11.8 Å². The van der Waals surface area contributed by atoms with Crippen LogP contribution < -0.4 is 9.47 Å². The topological polar surface area (TPSA) is 43.7 Å². The van der Waals surface area contributed by atoms with Crippen LogP contribution in [0, 0.1) is 0 Å². The van der Waals surface area contributed by atoms with Crippen LogP contribution in [0.15, 0.2) is 83.9 Å². The van der Waals surface area contributed by atoms with Gasteiger partial charge < -0.3 is 9.47 Å². The molecule has 0 saturated heterocycles. The summed E-state index contributed by atoms with van der Waals surface area (Å²) in [5.41, 5.74) is 4.69. The summed E-state index contributed by atoms with van der Waals surface area (Å²) in [6, 6.07) is 26.8. The Morgan fingerprint density at radius 3 is 2.77 bits per heavy atom. The molecule has 1 aliphatic heterocycles. The standard InChI is InChI=1S/C26H20N2O2S/c1-29-21-11-5-7-16-12-13-23(27-24(16)21)30-19-9-4-8-18(14-19)26-28-25-20-10-3-2-6-17(20)15-22(25)31-26/h2-14,22,25H,15H2,1H3/t22-,25-/m0/s1. The number of ether oxygens (including phenoxy) is 2. The number of rotatable bonds is 4. The molecule has 31 heavy (non-hydrogen) atoms. The Balaban J connectivity index is 1.28. The van der Waals surface area contributed by atoms with Gasteiger partial charge in [0.25, 0.3) is 0 Å². The first kappa shape index (κ1) is 18.5. The van der Waals surface area contributed by atoms with Crippen molar-refractivity contribution in [3.05, 3.63) is 95.6 Å². The van der Waals surface area contributed by atoms with Crippen molar-refractivity contribution in [1.29, 1.82) is 0 Å². The van der Waals surface area contributed by atoms with Gasteiger partial charge in [-0.1, -0.05) is 60.3 Å². The van der Waals surface area contributed by atoms with Crippen LogP contribution in [0.2, 0.25) is 0 Å². The van der Waals surface area contributed by atoms with Crippen molar-refractivity contribution in [3.8, 4) is 17.4 Å². The van der Waals surface area contributed by atoms with Gasteiger partial charge in [0, 0.05) is 22.3 Å². The lowest BCUT2D eigenvalue weighted by Gasteiger charge is -2.10. The predicted molar refractivity (Wildman–Crippen MR) is 126 cm³/mol. The third-order valence-electron chi connectivity index (χ3n) is 5.85. The molecule has 0 N–H and O–H groups in total. The van der Waals surface area contributed by atoms with Crippen LogP contribution in [-0.2, 0) is 6.42 Å². The first-order valence-corrected chi connectivity index (χ1v) is 11.2. The van der Waals surface area contributed by atoms with Crippen molar-refractivity contribution in [3.63, 3.8) is 0 Å². The van der Waals surface area contributed by atoms with Gasteiger partial charge in [-0.25, -0.2) is 4.98 Å². The molecule has 0 spiro atoms. The van der Waals surface area contributed by atoms with Gasteiger partial charge in [-0.05, 0) is 41.8 Å². The van der Waals surface area contributed by atoms with E-state index in [1.807, 2.05) is 60.3 Å². The molecular weight excluding hydrogens is 404 g/mol. The summed E-state index contributed by atoms with van der Waals surface area (Å²) >= 11 is 1.88. The Labute approximate surface area is 185 Å². The fourth-order valence-corrected chi connectivity index (χ4v) is 5.70. The summed E-state index contributed by atoms with van der Waals surface area (Å²) in [5, 5.41) is 2.60. The number of hydrogen-bond acceptors (Lipinski definition) is 5. The number of pyridine rings is 1. The molecule has 1 aliphatic carbocycles. The summed E-state index contributed by atoms with van der Waals surface area (Å²) in [5.74, 6) is 2.03. The van der Waals surface area contributed by atoms with Gasteiger partial charge in [-0.3, -0.25) is 4.99 Å². The zero-order valence-electron chi connectivity index (χ0n) is 17.0. The van der Waals surface area contributed by atoms with E-state index >= 15 is 0 Å². The van der Waals surface area contributed by atoms with E-state index in [4.69, 9.17) is 14.5 Å². The number of aromatic nitrogens is 1. The van der Waals surface area contributed by atoms with Gasteiger partial charge in [0.05, 0.1) is 18.2 Å². The molecular formula is C26H20N2O2S. The van der Waals surface area contributed by atoms with Crippen molar-refractivity contribution < 1.29 is 9.47 Å². The van der Waals surface area contributed by atoms with Crippen molar-refractivity contribution in [2.24, 2.45) is 4.99 Å². The smallest absolute Gasteiger partial charge is 0.219 e. The van der Waals surface area contributed by atoms with E-state index in [9.17, 15) is 0 Å². The van der Waals surface area contributed by atoms with Gasteiger partial charge in [0.15, 0.2) is 0 Å². The second kappa shape index (κ2) is 7.43. The van der Waals surface area contributed by atoms with Crippen LogP contribution in [-0.4, -0.2) is 22.4 Å². The molecule has 0 saturated carbocycles. The Morgan fingerprint density at radius 2 is 1.84 bits per heavy atom. The van der Waals surface area contributed by atoms with Crippen LogP contribution in [0.1, 0.15) is 22.7 Å². The summed E-state index contributed by atoms with van der Waals surface area (Å²) in [4.78, 5) is 9.72. The largest absolute Gasteiger partial charge is 0.494 e. The molecule has 0 radical (unpaired) electrons. The SMILES string of the molecule is COc1cccc2ccc(Oc3cccc(C4=N[C@H]5c6ccccc6C[C@@H]5S4)c3)nc12. The van der Waals surface area contributed by atoms with E-state index in [1.54, 1.807) is 7.11 Å². The number of hydrogen-bond donors (Lipinski definition) is 0. The molecule has 0 unspecified atom stereocenters. The number of fused-ring (bicyclic) bond motifs is 4. The van der Waals surface area contributed by atoms with E-state index in [2.05, 4.69) is 35.3 Å². The lowest BCUT2D eigenvalue weighted by molar-refractivity contribution is 0.417. The zero-order valence-corrected chi connectivity index (χ0v) is 17.8. The lowest BCUT2D eigenvalue weighted by Crippen LogP contribution is -2.02. The number of aliphatic imine (C=N–C) groups is 1. The lowest BCUT2D eigenvalue weighted by atomic mass is 10.1. The van der Waals surface area contributed by atoms with Crippen molar-refractivity contribution in [2.75, 3.05) is 7.11 Å². The molecule has 3 aromatic carbocycles. The first-order chi connectivity index (χ1) is 15.3. The van der Waals surface area contributed by atoms with E-state index in [-0.39, 0.29) is 6.04 Å². The number of benzene rings is 3. The number of thioether (sulfide) groups is 1. The Hall–Kier alpha value is -3.31. The molecule has 152 valence electrons. The van der Waals surface area contributed by atoms with E-state index in [0.29, 0.717) is 11.1 Å². The maximum Gasteiger partial charge on any atom is 0.219 e. The number of nitrogens with zero attached hydrogens (tertiary/aromatic N) is 2. The highest BCUT2D eigenvalue weighted by molar-refractivity contribution is 8.15. The molecule has 1 aromatic heterocycles. The average Bonchev–Trinajstić information content (AvgIpc) is 3.37. The Bertz CT molecular complexity index is 1330. The Morgan fingerprint density at radius 1 is 0.935 bits per heavy atom. The molecule has 6 rings (SSSR count). The third kappa shape index (κ3) is 3.26. The Kier molecular flexibility index (Phi) is 4.42. The average molecular weight is 425 g/mol. The van der Waals surface area contributed by atoms with Crippen molar-refractivity contribution in [2.45, 2.75) is 17.7 Å². The molecule has 4 aromatic rings. The van der Waals surface area contributed by atoms with Crippen LogP contribution in [0.25, 0.3) is 10.9 Å². The van der Waals surface area contributed by atoms with E-state index in [0.717, 1.165) is 39.4 Å². The van der Waals surface area contributed by atoms with Gasteiger partial charge in [-0.2, -0.15) is 0 Å². The monoisotopic (exact) mass is 424 g/mol. The minimum Gasteiger partial charge on any atom is -0.494 e. The second-order valence-electron chi connectivity index (χ2n) is 7.75. The maximum absolute atomic E-state index is 6.11. The molecule has 2 atom stereocenters. The fraction of sp³-hybridized carbons (Fsp3) is 0.154. The van der Waals surface area contributed by atoms with E-state index in [1.165, 1.54) is 11.1 Å². The molecule has 0 bridgehead atoms. The highest BCUT2D eigenvalue weighted by atomic mass is 32.2. The van der Waals surface area contributed by atoms with Gasteiger partial charge in [0.2, 0.25) is 5.88 Å². The van der Waals surface area contributed by atoms with Crippen molar-refractivity contribution in [1.82, 2.24) is 4.98 Å².